The molecule has 22 heavy (non-hydrogen) atoms. The van der Waals surface area contributed by atoms with Crippen molar-refractivity contribution in [3.05, 3.63) is 42.9 Å². The van der Waals surface area contributed by atoms with E-state index in [1.165, 1.54) is 0 Å². The zero-order valence-corrected chi connectivity index (χ0v) is 12.2. The van der Waals surface area contributed by atoms with E-state index >= 15 is 0 Å². The molecule has 1 atom stereocenters. The van der Waals surface area contributed by atoms with Crippen molar-refractivity contribution in [1.82, 2.24) is 19.9 Å². The summed E-state index contributed by atoms with van der Waals surface area (Å²) in [6.45, 7) is 2.54. The van der Waals surface area contributed by atoms with Crippen molar-refractivity contribution in [3.8, 4) is 0 Å². The third kappa shape index (κ3) is 3.44. The highest BCUT2D eigenvalue weighted by Crippen LogP contribution is 2.19. The molecule has 1 aromatic carbocycles. The van der Waals surface area contributed by atoms with E-state index in [1.807, 2.05) is 25.1 Å². The van der Waals surface area contributed by atoms with Gasteiger partial charge in [0.05, 0.1) is 11.0 Å². The van der Waals surface area contributed by atoms with Crippen molar-refractivity contribution >= 4 is 28.5 Å². The summed E-state index contributed by atoms with van der Waals surface area (Å²) in [4.78, 5) is 17.1. The van der Waals surface area contributed by atoms with Gasteiger partial charge in [-0.05, 0) is 31.2 Å². The molecule has 0 radical (unpaired) electrons. The van der Waals surface area contributed by atoms with Gasteiger partial charge >= 0.3 is 0 Å². The lowest BCUT2D eigenvalue weighted by atomic mass is 10.2. The molecule has 2 heterocycles. The van der Waals surface area contributed by atoms with E-state index in [9.17, 15) is 0 Å². The Morgan fingerprint density at radius 3 is 2.68 bits per heavy atom. The van der Waals surface area contributed by atoms with Crippen molar-refractivity contribution in [1.29, 1.82) is 0 Å². The molecule has 0 saturated heterocycles. The van der Waals surface area contributed by atoms with Gasteiger partial charge in [-0.3, -0.25) is 9.97 Å². The van der Waals surface area contributed by atoms with Crippen LogP contribution in [0.1, 0.15) is 6.92 Å². The molecule has 4 N–H and O–H groups in total. The Balaban J connectivity index is 1.77. The second-order valence-corrected chi connectivity index (χ2v) is 5.01. The van der Waals surface area contributed by atoms with Crippen molar-refractivity contribution in [2.45, 2.75) is 13.0 Å². The number of anilines is 3. The van der Waals surface area contributed by atoms with Gasteiger partial charge in [-0.1, -0.05) is 0 Å². The third-order valence-electron chi connectivity index (χ3n) is 2.98. The minimum Gasteiger partial charge on any atom is -0.353 e. The van der Waals surface area contributed by atoms with Crippen molar-refractivity contribution in [2.75, 3.05) is 17.2 Å². The summed E-state index contributed by atoms with van der Waals surface area (Å²) in [7, 11) is 0. The van der Waals surface area contributed by atoms with E-state index in [-0.39, 0.29) is 6.04 Å². The first-order valence-electron chi connectivity index (χ1n) is 7.01. The number of hydrogen-bond donors (Lipinski definition) is 3. The molecule has 0 amide bonds. The molecule has 3 aromatic rings. The van der Waals surface area contributed by atoms with Crippen LogP contribution in [0.15, 0.2) is 42.9 Å². The van der Waals surface area contributed by atoms with Gasteiger partial charge in [0.25, 0.3) is 0 Å². The maximum absolute atomic E-state index is 5.71. The Morgan fingerprint density at radius 2 is 1.86 bits per heavy atom. The van der Waals surface area contributed by atoms with Crippen LogP contribution in [0, 0.1) is 0 Å². The Kier molecular flexibility index (Phi) is 4.06. The Labute approximate surface area is 128 Å². The number of nitrogens with two attached hydrogens (primary N) is 1. The summed E-state index contributed by atoms with van der Waals surface area (Å²) in [5.74, 6) is 1.24. The zero-order valence-electron chi connectivity index (χ0n) is 12.2. The minimum absolute atomic E-state index is 0.0410. The fraction of sp³-hybridized carbons (Fsp3) is 0.200. The van der Waals surface area contributed by atoms with Gasteiger partial charge in [-0.15, -0.1) is 0 Å². The van der Waals surface area contributed by atoms with Gasteiger partial charge in [-0.25, -0.2) is 4.98 Å². The average Bonchev–Trinajstić information content (AvgIpc) is 2.53. The molecule has 1 unspecified atom stereocenters. The molecule has 2 aromatic heterocycles. The van der Waals surface area contributed by atoms with Gasteiger partial charge in [0.1, 0.15) is 5.82 Å². The molecule has 0 spiro atoms. The largest absolute Gasteiger partial charge is 0.353 e. The van der Waals surface area contributed by atoms with Crippen molar-refractivity contribution < 1.29 is 0 Å². The summed E-state index contributed by atoms with van der Waals surface area (Å²) >= 11 is 0. The number of aromatic nitrogens is 4. The zero-order chi connectivity index (χ0) is 15.4. The van der Waals surface area contributed by atoms with E-state index in [2.05, 4.69) is 30.6 Å². The van der Waals surface area contributed by atoms with Crippen LogP contribution in [0.2, 0.25) is 0 Å². The predicted molar refractivity (Wildman–Crippen MR) is 87.0 cm³/mol. The van der Waals surface area contributed by atoms with Crippen LogP contribution in [0.5, 0.6) is 0 Å². The Bertz CT molecular complexity index is 772. The van der Waals surface area contributed by atoms with Gasteiger partial charge in [0.15, 0.2) is 0 Å². The van der Waals surface area contributed by atoms with Gasteiger partial charge in [-0.2, -0.15) is 4.98 Å². The van der Waals surface area contributed by atoms with E-state index in [0.29, 0.717) is 18.3 Å². The first kappa shape index (κ1) is 14.2. The molecule has 112 valence electrons. The van der Waals surface area contributed by atoms with Crippen LogP contribution >= 0.6 is 0 Å². The Hall–Kier alpha value is -2.80. The lowest BCUT2D eigenvalue weighted by Gasteiger charge is -2.10. The molecule has 0 aliphatic heterocycles. The number of rotatable bonds is 5. The van der Waals surface area contributed by atoms with Crippen LogP contribution in [-0.4, -0.2) is 32.5 Å². The van der Waals surface area contributed by atoms with Crippen LogP contribution < -0.4 is 16.4 Å². The molecule has 0 fully saturated rings. The van der Waals surface area contributed by atoms with E-state index in [0.717, 1.165) is 16.7 Å². The van der Waals surface area contributed by atoms with Crippen LogP contribution in [0.25, 0.3) is 11.0 Å². The van der Waals surface area contributed by atoms with Crippen LogP contribution in [0.3, 0.4) is 0 Å². The smallest absolute Gasteiger partial charge is 0.224 e. The fourth-order valence-corrected chi connectivity index (χ4v) is 1.95. The second kappa shape index (κ2) is 6.31. The van der Waals surface area contributed by atoms with E-state index in [1.54, 1.807) is 24.7 Å². The standard InChI is InChI=1S/C15H17N7/c1-10(16)9-20-15-19-5-4-14(22-15)21-11-2-3-12-13(8-11)18-7-6-17-12/h2-8,10H,9,16H2,1H3,(H2,19,20,21,22). The van der Waals surface area contributed by atoms with Gasteiger partial charge in [0, 0.05) is 36.9 Å². The third-order valence-corrected chi connectivity index (χ3v) is 2.98. The number of benzene rings is 1. The molecule has 0 bridgehead atoms. The lowest BCUT2D eigenvalue weighted by molar-refractivity contribution is 0.773. The summed E-state index contributed by atoms with van der Waals surface area (Å²) in [6, 6.07) is 7.63. The first-order valence-corrected chi connectivity index (χ1v) is 7.01. The molecule has 7 nitrogen and oxygen atoms in total. The summed E-state index contributed by atoms with van der Waals surface area (Å²) < 4.78 is 0. The summed E-state index contributed by atoms with van der Waals surface area (Å²) in [5.41, 5.74) is 8.29. The van der Waals surface area contributed by atoms with Gasteiger partial charge in [0.2, 0.25) is 5.95 Å². The maximum Gasteiger partial charge on any atom is 0.224 e. The molecule has 3 rings (SSSR count). The minimum atomic E-state index is 0.0410. The molecular formula is C15H17N7. The summed E-state index contributed by atoms with van der Waals surface area (Å²) in [5, 5.41) is 6.32. The van der Waals surface area contributed by atoms with Crippen molar-refractivity contribution in [3.63, 3.8) is 0 Å². The predicted octanol–water partition coefficient (Wildman–Crippen LogP) is 1.92. The molecular weight excluding hydrogens is 278 g/mol. The quantitative estimate of drug-likeness (QED) is 0.661. The SMILES string of the molecule is CC(N)CNc1nccc(Nc2ccc3nccnc3c2)n1. The normalized spacial score (nSPS) is 12.1. The Morgan fingerprint density at radius 1 is 1.05 bits per heavy atom. The highest BCUT2D eigenvalue weighted by molar-refractivity contribution is 5.79. The lowest BCUT2D eigenvalue weighted by Crippen LogP contribution is -2.25. The average molecular weight is 295 g/mol. The maximum atomic E-state index is 5.71. The van der Waals surface area contributed by atoms with E-state index < -0.39 is 0 Å². The topological polar surface area (TPSA) is 102 Å². The molecule has 7 heteroatoms. The van der Waals surface area contributed by atoms with Crippen molar-refractivity contribution in [2.24, 2.45) is 5.73 Å². The number of fused-ring (bicyclic) bond motifs is 1. The second-order valence-electron chi connectivity index (χ2n) is 5.01. The van der Waals surface area contributed by atoms with E-state index in [4.69, 9.17) is 5.73 Å². The number of nitrogens with zero attached hydrogens (tertiary/aromatic N) is 4. The number of hydrogen-bond acceptors (Lipinski definition) is 7. The first-order chi connectivity index (χ1) is 10.7. The van der Waals surface area contributed by atoms with Crippen LogP contribution in [-0.2, 0) is 0 Å². The van der Waals surface area contributed by atoms with Gasteiger partial charge < -0.3 is 16.4 Å². The number of nitrogens with one attached hydrogen (secondary N) is 2. The molecule has 0 aliphatic carbocycles. The highest BCUT2D eigenvalue weighted by atomic mass is 15.1. The fourth-order valence-electron chi connectivity index (χ4n) is 1.95. The molecule has 0 aliphatic rings. The monoisotopic (exact) mass is 295 g/mol. The highest BCUT2D eigenvalue weighted by Gasteiger charge is 2.02. The molecule has 0 saturated carbocycles. The summed E-state index contributed by atoms with van der Waals surface area (Å²) in [6.07, 6.45) is 5.04. The van der Waals surface area contributed by atoms with Crippen LogP contribution in [0.4, 0.5) is 17.5 Å².